The van der Waals surface area contributed by atoms with Crippen molar-refractivity contribution in [3.63, 3.8) is 0 Å². The van der Waals surface area contributed by atoms with Crippen molar-refractivity contribution in [1.29, 1.82) is 0 Å². The van der Waals surface area contributed by atoms with Crippen LogP contribution in [0.4, 0.5) is 5.69 Å². The number of pyridine rings is 1. The molecule has 4 rings (SSSR count). The highest BCUT2D eigenvalue weighted by Crippen LogP contribution is 2.21. The molecule has 0 saturated heterocycles. The summed E-state index contributed by atoms with van der Waals surface area (Å²) in [5, 5.41) is 5.51. The number of sulfone groups is 1. The number of carbonyl (C=O) groups excluding carboxylic acids is 2. The molecule has 0 fully saturated rings. The number of aromatic nitrogens is 2. The Bertz CT molecular complexity index is 1450. The maximum Gasteiger partial charge on any atom is 0.272 e. The van der Waals surface area contributed by atoms with Gasteiger partial charge in [0.1, 0.15) is 0 Å². The molecule has 8 nitrogen and oxygen atoms in total. The lowest BCUT2D eigenvalue weighted by Gasteiger charge is -2.15. The van der Waals surface area contributed by atoms with Gasteiger partial charge in [-0.05, 0) is 48.9 Å². The predicted octanol–water partition coefficient (Wildman–Crippen LogP) is 3.48. The summed E-state index contributed by atoms with van der Waals surface area (Å²) in [7, 11) is -3.63. The Kier molecular flexibility index (Phi) is 5.97. The summed E-state index contributed by atoms with van der Waals surface area (Å²) in [6, 6.07) is 20.6. The van der Waals surface area contributed by atoms with Crippen LogP contribution in [0.15, 0.2) is 84.1 Å². The Hall–Kier alpha value is -3.98. The second kappa shape index (κ2) is 8.87. The molecule has 0 aliphatic heterocycles. The number of benzene rings is 2. The first-order chi connectivity index (χ1) is 15.7. The smallest absolute Gasteiger partial charge is 0.272 e. The Morgan fingerprint density at radius 1 is 0.939 bits per heavy atom. The van der Waals surface area contributed by atoms with Gasteiger partial charge in [0.05, 0.1) is 11.6 Å². The molecule has 1 unspecified atom stereocenters. The minimum atomic E-state index is -3.63. The largest absolute Gasteiger partial charge is 0.344 e. The van der Waals surface area contributed by atoms with E-state index >= 15 is 0 Å². The summed E-state index contributed by atoms with van der Waals surface area (Å²) >= 11 is 0. The minimum absolute atomic E-state index is 0.0245. The first-order valence-electron chi connectivity index (χ1n) is 10.2. The van der Waals surface area contributed by atoms with Gasteiger partial charge in [-0.3, -0.25) is 14.0 Å². The van der Waals surface area contributed by atoms with Crippen molar-refractivity contribution >= 4 is 32.9 Å². The van der Waals surface area contributed by atoms with E-state index in [1.54, 1.807) is 73.8 Å². The molecule has 2 heterocycles. The van der Waals surface area contributed by atoms with E-state index in [0.717, 1.165) is 11.8 Å². The zero-order chi connectivity index (χ0) is 23.6. The zero-order valence-corrected chi connectivity index (χ0v) is 18.8. The molecule has 33 heavy (non-hydrogen) atoms. The average Bonchev–Trinajstić information content (AvgIpc) is 3.20. The summed E-state index contributed by atoms with van der Waals surface area (Å²) < 4.78 is 25.6. The minimum Gasteiger partial charge on any atom is -0.344 e. The number of hydrogen-bond acceptors (Lipinski definition) is 5. The molecule has 4 aromatic rings. The lowest BCUT2D eigenvalue weighted by Crippen LogP contribution is -2.27. The highest BCUT2D eigenvalue weighted by molar-refractivity contribution is 7.90. The molecular weight excluding hydrogens is 440 g/mol. The van der Waals surface area contributed by atoms with Crippen LogP contribution < -0.4 is 10.6 Å². The first-order valence-corrected chi connectivity index (χ1v) is 12.1. The topological polar surface area (TPSA) is 110 Å². The van der Waals surface area contributed by atoms with Crippen LogP contribution >= 0.6 is 0 Å². The fourth-order valence-corrected chi connectivity index (χ4v) is 4.24. The highest BCUT2D eigenvalue weighted by atomic mass is 32.2. The van der Waals surface area contributed by atoms with E-state index in [1.807, 2.05) is 12.1 Å². The van der Waals surface area contributed by atoms with Gasteiger partial charge in [0.2, 0.25) is 15.0 Å². The Morgan fingerprint density at radius 3 is 2.39 bits per heavy atom. The van der Waals surface area contributed by atoms with Crippen LogP contribution in [0.25, 0.3) is 5.52 Å². The van der Waals surface area contributed by atoms with Gasteiger partial charge in [0.15, 0.2) is 5.69 Å². The molecule has 2 N–H and O–H groups in total. The van der Waals surface area contributed by atoms with Gasteiger partial charge in [0.25, 0.3) is 11.8 Å². The maximum absolute atomic E-state index is 13.0. The van der Waals surface area contributed by atoms with Gasteiger partial charge in [-0.1, -0.05) is 36.4 Å². The van der Waals surface area contributed by atoms with Crippen LogP contribution in [0.3, 0.4) is 0 Å². The van der Waals surface area contributed by atoms with Crippen LogP contribution in [0.5, 0.6) is 0 Å². The number of hydrogen-bond donors (Lipinski definition) is 2. The van der Waals surface area contributed by atoms with Crippen LogP contribution in [0.2, 0.25) is 0 Å². The molecule has 2 amide bonds. The molecule has 168 valence electrons. The van der Waals surface area contributed by atoms with E-state index in [0.29, 0.717) is 16.8 Å². The normalized spacial score (nSPS) is 12.3. The van der Waals surface area contributed by atoms with Crippen molar-refractivity contribution in [3.05, 3.63) is 95.8 Å². The Balaban J connectivity index is 1.55. The molecule has 2 aromatic carbocycles. The third-order valence-corrected chi connectivity index (χ3v) is 6.04. The van der Waals surface area contributed by atoms with Gasteiger partial charge in [-0.2, -0.15) is 0 Å². The van der Waals surface area contributed by atoms with Crippen LogP contribution in [0.1, 0.15) is 39.4 Å². The van der Waals surface area contributed by atoms with E-state index < -0.39 is 21.8 Å². The maximum atomic E-state index is 13.0. The molecule has 0 saturated carbocycles. The number of nitrogens with one attached hydrogen (secondary N) is 2. The number of imidazole rings is 1. The molecule has 0 aliphatic rings. The highest BCUT2D eigenvalue weighted by Gasteiger charge is 2.23. The van der Waals surface area contributed by atoms with Gasteiger partial charge < -0.3 is 10.6 Å². The molecular formula is C24H22N4O4S. The van der Waals surface area contributed by atoms with Gasteiger partial charge in [-0.15, -0.1) is 0 Å². The monoisotopic (exact) mass is 462 g/mol. The quantitative estimate of drug-likeness (QED) is 0.456. The summed E-state index contributed by atoms with van der Waals surface area (Å²) in [6.45, 7) is 1.80. The average molecular weight is 463 g/mol. The second-order valence-corrected chi connectivity index (χ2v) is 9.52. The number of nitrogens with zero attached hydrogens (tertiary/aromatic N) is 2. The SMILES string of the molecule is CC(NC(=O)c1nc(S(C)(=O)=O)n2ccccc12)c1cccc(NC(=O)c2ccccc2)c1. The lowest BCUT2D eigenvalue weighted by molar-refractivity contribution is 0.0935. The predicted molar refractivity (Wildman–Crippen MR) is 125 cm³/mol. The summed E-state index contributed by atoms with van der Waals surface area (Å²) in [6.07, 6.45) is 2.60. The Labute approximate surface area is 191 Å². The molecule has 9 heteroatoms. The van der Waals surface area contributed by atoms with Crippen molar-refractivity contribution in [3.8, 4) is 0 Å². The number of rotatable bonds is 6. The number of fused-ring (bicyclic) bond motifs is 1. The standard InChI is InChI=1S/C24H22N4O4S/c1-16(18-11-8-12-19(15-18)26-22(29)17-9-4-3-5-10-17)25-23(30)21-20-13-6-7-14-28(20)24(27-21)33(2,31)32/h3-16H,1-2H3,(H,25,30)(H,26,29). The van der Waals surface area contributed by atoms with Crippen LogP contribution in [0, 0.1) is 0 Å². The number of anilines is 1. The summed E-state index contributed by atoms with van der Waals surface area (Å²) in [5.74, 6) is -0.734. The Morgan fingerprint density at radius 2 is 1.67 bits per heavy atom. The van der Waals surface area contributed by atoms with Crippen LogP contribution in [-0.2, 0) is 9.84 Å². The van der Waals surface area contributed by atoms with Crippen molar-refractivity contribution in [1.82, 2.24) is 14.7 Å². The first kappa shape index (κ1) is 22.2. The molecule has 2 aromatic heterocycles. The van der Waals surface area contributed by atoms with Gasteiger partial charge in [-0.25, -0.2) is 13.4 Å². The van der Waals surface area contributed by atoms with Crippen molar-refractivity contribution in [2.45, 2.75) is 18.1 Å². The van der Waals surface area contributed by atoms with Gasteiger partial charge >= 0.3 is 0 Å². The van der Waals surface area contributed by atoms with E-state index in [2.05, 4.69) is 15.6 Å². The fraction of sp³-hybridized carbons (Fsp3) is 0.125. The second-order valence-electron chi connectivity index (χ2n) is 7.61. The summed E-state index contributed by atoms with van der Waals surface area (Å²) in [5.41, 5.74) is 2.32. The van der Waals surface area contributed by atoms with E-state index in [-0.39, 0.29) is 16.8 Å². The third kappa shape index (κ3) is 4.78. The zero-order valence-electron chi connectivity index (χ0n) is 18.0. The molecule has 0 radical (unpaired) electrons. The third-order valence-electron chi connectivity index (χ3n) is 5.09. The van der Waals surface area contributed by atoms with Crippen LogP contribution in [-0.4, -0.2) is 35.9 Å². The molecule has 1 atom stereocenters. The summed E-state index contributed by atoms with van der Waals surface area (Å²) in [4.78, 5) is 29.5. The van der Waals surface area contributed by atoms with Gasteiger partial charge in [0, 0.05) is 23.7 Å². The molecule has 0 aliphatic carbocycles. The molecule has 0 spiro atoms. The van der Waals surface area contributed by atoms with E-state index in [1.165, 1.54) is 4.40 Å². The number of carbonyl (C=O) groups is 2. The lowest BCUT2D eigenvalue weighted by atomic mass is 10.1. The van der Waals surface area contributed by atoms with Crippen molar-refractivity contribution in [2.24, 2.45) is 0 Å². The van der Waals surface area contributed by atoms with Crippen molar-refractivity contribution < 1.29 is 18.0 Å². The number of amides is 2. The van der Waals surface area contributed by atoms with Crippen molar-refractivity contribution in [2.75, 3.05) is 11.6 Å². The van der Waals surface area contributed by atoms with E-state index in [9.17, 15) is 18.0 Å². The molecule has 0 bridgehead atoms. The fourth-order valence-electron chi connectivity index (χ4n) is 3.47. The van der Waals surface area contributed by atoms with E-state index in [4.69, 9.17) is 0 Å².